The van der Waals surface area contributed by atoms with Crippen LogP contribution in [0, 0.1) is 0 Å². The van der Waals surface area contributed by atoms with Gasteiger partial charge in [-0.05, 0) is 89.5 Å². The molecule has 2 aliphatic heterocycles. The van der Waals surface area contributed by atoms with E-state index >= 15 is 0 Å². The van der Waals surface area contributed by atoms with Gasteiger partial charge in [-0.25, -0.2) is 0 Å². The van der Waals surface area contributed by atoms with E-state index in [9.17, 15) is 0 Å². The van der Waals surface area contributed by atoms with E-state index in [0.717, 1.165) is 0 Å². The number of benzene rings is 8. The molecule has 57 heavy (non-hydrogen) atoms. The van der Waals surface area contributed by atoms with Gasteiger partial charge in [0, 0.05) is 32.9 Å². The van der Waals surface area contributed by atoms with Crippen LogP contribution in [0.5, 0.6) is 0 Å². The Bertz CT molecular complexity index is 3130. The number of fused-ring (bicyclic) bond motifs is 7. The third kappa shape index (κ3) is 4.93. The summed E-state index contributed by atoms with van der Waals surface area (Å²) in [6.45, 7) is 0. The largest absolute Gasteiger partial charge is 0.309 e. The molecule has 8 aromatic carbocycles. The average molecular weight is 734 g/mol. The molecule has 12 rings (SSSR count). The van der Waals surface area contributed by atoms with Crippen LogP contribution in [0.15, 0.2) is 200 Å². The summed E-state index contributed by atoms with van der Waals surface area (Å²) in [6.07, 6.45) is 0.435. The lowest BCUT2D eigenvalue weighted by molar-refractivity contribution is 0.144. The van der Waals surface area contributed by atoms with Gasteiger partial charge in [0.1, 0.15) is 18.5 Å². The molecule has 5 heteroatoms. The molecule has 5 unspecified atom stereocenters. The number of hydrogen-bond acceptors (Lipinski definition) is 3. The second-order valence-corrected chi connectivity index (χ2v) is 15.5. The first-order valence-corrected chi connectivity index (χ1v) is 19.8. The first kappa shape index (κ1) is 32.5. The van der Waals surface area contributed by atoms with Crippen LogP contribution in [-0.2, 0) is 0 Å². The fourth-order valence-corrected chi connectivity index (χ4v) is 9.82. The molecular formula is C52H39N5. The fraction of sp³-hybridized carbons (Fsp3) is 0.0769. The summed E-state index contributed by atoms with van der Waals surface area (Å²) in [5, 5.41) is 10.1. The highest BCUT2D eigenvalue weighted by Crippen LogP contribution is 2.61. The Hall–Kier alpha value is -6.76. The molecule has 0 spiro atoms. The van der Waals surface area contributed by atoms with Crippen molar-refractivity contribution < 1.29 is 0 Å². The van der Waals surface area contributed by atoms with E-state index in [1.165, 1.54) is 82.8 Å². The summed E-state index contributed by atoms with van der Waals surface area (Å²) in [6, 6.07) is 73.3. The maximum atomic E-state index is 2.56. The molecule has 0 aliphatic carbocycles. The van der Waals surface area contributed by atoms with Crippen molar-refractivity contribution >= 4 is 43.6 Å². The third-order valence-corrected chi connectivity index (χ3v) is 12.3. The highest BCUT2D eigenvalue weighted by molar-refractivity contribution is 6.12. The fourth-order valence-electron chi connectivity index (χ4n) is 9.82. The summed E-state index contributed by atoms with van der Waals surface area (Å²) < 4.78 is 4.85. The Kier molecular flexibility index (Phi) is 7.20. The highest BCUT2D eigenvalue weighted by atomic mass is 16.0. The predicted octanol–water partition coefficient (Wildman–Crippen LogP) is 12.4. The normalized spacial score (nSPS) is 20.5. The topological polar surface area (TPSA) is 19.1 Å². The first-order chi connectivity index (χ1) is 28.2. The van der Waals surface area contributed by atoms with Crippen molar-refractivity contribution in [1.82, 2.24) is 24.1 Å². The number of rotatable bonds is 6. The molecule has 2 saturated heterocycles. The van der Waals surface area contributed by atoms with E-state index in [0.29, 0.717) is 0 Å². The summed E-state index contributed by atoms with van der Waals surface area (Å²) in [7, 11) is 2.27. The van der Waals surface area contributed by atoms with Crippen molar-refractivity contribution in [3.05, 3.63) is 217 Å². The molecular weight excluding hydrogens is 695 g/mol. The minimum Gasteiger partial charge on any atom is -0.309 e. The van der Waals surface area contributed by atoms with Crippen LogP contribution in [-0.4, -0.2) is 31.1 Å². The number of hydrazine groups is 1. The second-order valence-electron chi connectivity index (χ2n) is 15.5. The Morgan fingerprint density at radius 3 is 1.49 bits per heavy atom. The van der Waals surface area contributed by atoms with Crippen LogP contribution < -0.4 is 0 Å². The van der Waals surface area contributed by atoms with Crippen LogP contribution >= 0.6 is 0 Å². The summed E-state index contributed by atoms with van der Waals surface area (Å²) in [4.78, 5) is 2.52. The molecule has 4 heterocycles. The average Bonchev–Trinajstić information content (AvgIpc) is 3.58. The zero-order chi connectivity index (χ0) is 37.6. The SMILES string of the molecule is CN1C(c2ccccc2)N2C(c3ccccc3)N2C1c1cccc(-n2c3ccccc3c3ccc(-c4ccc5c(c4)c4ccccc4n5-c4ccccc4)cc32)c1. The van der Waals surface area contributed by atoms with Gasteiger partial charge in [0.2, 0.25) is 0 Å². The summed E-state index contributed by atoms with van der Waals surface area (Å²) >= 11 is 0. The Balaban J connectivity index is 0.991. The standard InChI is InChI=1S/C52H39N5/c1-53-50(35-16-5-2-6-17-35)56-52(36-18-7-3-8-19-36)57(56)51(53)39-20-15-23-41(32-39)55-46-26-13-11-24-42(46)44-30-28-38(34-49(44)55)37-29-31-48-45(33-37)43-25-12-14-27-47(43)54(48)40-21-9-4-10-22-40/h2-34,50-52H,1H3. The predicted molar refractivity (Wildman–Crippen MR) is 233 cm³/mol. The summed E-state index contributed by atoms with van der Waals surface area (Å²) in [5.41, 5.74) is 13.5. The van der Waals surface area contributed by atoms with Gasteiger partial charge >= 0.3 is 0 Å². The lowest BCUT2D eigenvalue weighted by Crippen LogP contribution is -2.30. The van der Waals surface area contributed by atoms with E-state index in [-0.39, 0.29) is 18.5 Å². The molecule has 0 bridgehead atoms. The first-order valence-electron chi connectivity index (χ1n) is 19.8. The smallest absolute Gasteiger partial charge is 0.119 e. The minimum absolute atomic E-state index is 0.0776. The van der Waals surface area contributed by atoms with Crippen molar-refractivity contribution in [2.24, 2.45) is 0 Å². The third-order valence-electron chi connectivity index (χ3n) is 12.3. The van der Waals surface area contributed by atoms with Gasteiger partial charge in [-0.15, -0.1) is 0 Å². The van der Waals surface area contributed by atoms with E-state index in [1.807, 2.05) is 0 Å². The van der Waals surface area contributed by atoms with E-state index in [1.54, 1.807) is 0 Å². The van der Waals surface area contributed by atoms with Crippen LogP contribution in [0.25, 0.3) is 66.1 Å². The molecule has 10 aromatic rings. The maximum absolute atomic E-state index is 2.56. The van der Waals surface area contributed by atoms with Gasteiger partial charge in [0.25, 0.3) is 0 Å². The van der Waals surface area contributed by atoms with Crippen molar-refractivity contribution in [1.29, 1.82) is 0 Å². The molecule has 0 radical (unpaired) electrons. The van der Waals surface area contributed by atoms with Gasteiger partial charge in [0.15, 0.2) is 0 Å². The van der Waals surface area contributed by atoms with Crippen molar-refractivity contribution in [2.45, 2.75) is 18.5 Å². The number of hydrogen-bond donors (Lipinski definition) is 0. The van der Waals surface area contributed by atoms with E-state index < -0.39 is 0 Å². The Morgan fingerprint density at radius 1 is 0.316 bits per heavy atom. The van der Waals surface area contributed by atoms with Crippen LogP contribution in [0.1, 0.15) is 35.2 Å². The molecule has 2 aromatic heterocycles. The van der Waals surface area contributed by atoms with Crippen molar-refractivity contribution in [2.75, 3.05) is 7.05 Å². The van der Waals surface area contributed by atoms with Gasteiger partial charge in [0.05, 0.1) is 22.1 Å². The molecule has 2 aliphatic rings. The van der Waals surface area contributed by atoms with Crippen molar-refractivity contribution in [3.8, 4) is 22.5 Å². The number of para-hydroxylation sites is 3. The maximum Gasteiger partial charge on any atom is 0.119 e. The quantitative estimate of drug-likeness (QED) is 0.159. The zero-order valence-electron chi connectivity index (χ0n) is 31.5. The van der Waals surface area contributed by atoms with Crippen LogP contribution in [0.3, 0.4) is 0 Å². The molecule has 272 valence electrons. The van der Waals surface area contributed by atoms with Crippen LogP contribution in [0.4, 0.5) is 0 Å². The Morgan fingerprint density at radius 2 is 0.789 bits per heavy atom. The van der Waals surface area contributed by atoms with Crippen LogP contribution in [0.2, 0.25) is 0 Å². The van der Waals surface area contributed by atoms with Gasteiger partial charge in [-0.2, -0.15) is 10.0 Å². The summed E-state index contributed by atoms with van der Waals surface area (Å²) in [5.74, 6) is 0. The molecule has 0 N–H and O–H groups in total. The molecule has 5 atom stereocenters. The highest BCUT2D eigenvalue weighted by Gasteiger charge is 2.63. The molecule has 0 amide bonds. The second kappa shape index (κ2) is 12.6. The molecule has 2 fully saturated rings. The molecule has 0 saturated carbocycles. The zero-order valence-corrected chi connectivity index (χ0v) is 31.5. The van der Waals surface area contributed by atoms with E-state index in [4.69, 9.17) is 0 Å². The minimum atomic E-state index is 0.0776. The van der Waals surface area contributed by atoms with Gasteiger partial charge < -0.3 is 9.13 Å². The monoisotopic (exact) mass is 733 g/mol. The Labute approximate surface area is 331 Å². The van der Waals surface area contributed by atoms with Gasteiger partial charge in [-0.3, -0.25) is 4.90 Å². The molecule has 5 nitrogen and oxygen atoms in total. The lowest BCUT2D eigenvalue weighted by Gasteiger charge is -2.30. The number of aromatic nitrogens is 2. The van der Waals surface area contributed by atoms with Gasteiger partial charge in [-0.1, -0.05) is 146 Å². The lowest BCUT2D eigenvalue weighted by atomic mass is 10.0. The number of nitrogens with zero attached hydrogens (tertiary/aromatic N) is 5. The van der Waals surface area contributed by atoms with Crippen molar-refractivity contribution in [3.63, 3.8) is 0 Å². The van der Waals surface area contributed by atoms with E-state index in [2.05, 4.69) is 231 Å².